The molecule has 0 spiro atoms. The van der Waals surface area contributed by atoms with E-state index in [1.807, 2.05) is 0 Å². The van der Waals surface area contributed by atoms with Crippen LogP contribution in [0.5, 0.6) is 0 Å². The van der Waals surface area contributed by atoms with Crippen molar-refractivity contribution in [2.24, 2.45) is 0 Å². The maximum atomic E-state index is 11.0. The third-order valence-electron chi connectivity index (χ3n) is 4.15. The fourth-order valence-electron chi connectivity index (χ4n) is 2.83. The van der Waals surface area contributed by atoms with E-state index in [1.54, 1.807) is 6.07 Å². The lowest BCUT2D eigenvalue weighted by molar-refractivity contribution is -0.385. The van der Waals surface area contributed by atoms with Crippen molar-refractivity contribution in [3.8, 4) is 0 Å². The molecule has 0 atom stereocenters. The van der Waals surface area contributed by atoms with Crippen LogP contribution in [0.3, 0.4) is 0 Å². The molecule has 1 aliphatic heterocycles. The van der Waals surface area contributed by atoms with Crippen molar-refractivity contribution in [2.75, 3.05) is 31.1 Å². The van der Waals surface area contributed by atoms with Crippen LogP contribution in [0.25, 0.3) is 0 Å². The number of piperazine rings is 1. The van der Waals surface area contributed by atoms with Gasteiger partial charge in [0, 0.05) is 44.0 Å². The van der Waals surface area contributed by atoms with Gasteiger partial charge in [-0.1, -0.05) is 0 Å². The lowest BCUT2D eigenvalue weighted by Crippen LogP contribution is -2.47. The Balaban J connectivity index is 1.77. The lowest BCUT2D eigenvalue weighted by Gasteiger charge is -2.36. The number of carbonyl (C=O) groups is 1. The molecule has 3 rings (SSSR count). The summed E-state index contributed by atoms with van der Waals surface area (Å²) < 4.78 is 0. The number of hydrogen-bond donors (Lipinski definition) is 1. The first-order valence-electron chi connectivity index (χ1n) is 7.07. The Hall–Kier alpha value is -2.15. The largest absolute Gasteiger partial charge is 0.477 e. The normalized spacial score (nSPS) is 19.5. The summed E-state index contributed by atoms with van der Waals surface area (Å²) in [6.07, 6.45) is 2.55. The molecule has 21 heavy (non-hydrogen) atoms. The topological polar surface area (TPSA) is 86.9 Å². The van der Waals surface area contributed by atoms with E-state index in [1.165, 1.54) is 25.0 Å². The van der Waals surface area contributed by atoms with Crippen LogP contribution in [0, 0.1) is 10.1 Å². The summed E-state index contributed by atoms with van der Waals surface area (Å²) in [7, 11) is 0. The van der Waals surface area contributed by atoms with Crippen molar-refractivity contribution in [1.29, 1.82) is 0 Å². The second-order valence-electron chi connectivity index (χ2n) is 5.52. The van der Waals surface area contributed by atoms with Gasteiger partial charge < -0.3 is 10.0 Å². The highest BCUT2D eigenvalue weighted by molar-refractivity contribution is 5.93. The SMILES string of the molecule is O=C(O)c1ccc(N2CCN(C3CC3)CC2)cc1[N+](=O)[O-]. The number of carboxylic acids is 1. The highest BCUT2D eigenvalue weighted by Crippen LogP contribution is 2.30. The van der Waals surface area contributed by atoms with Crippen LogP contribution in [0.1, 0.15) is 23.2 Å². The van der Waals surface area contributed by atoms with Gasteiger partial charge in [0.25, 0.3) is 5.69 Å². The molecule has 1 N–H and O–H groups in total. The first-order valence-corrected chi connectivity index (χ1v) is 7.07. The van der Waals surface area contributed by atoms with E-state index >= 15 is 0 Å². The minimum atomic E-state index is -1.27. The summed E-state index contributed by atoms with van der Waals surface area (Å²) in [6, 6.07) is 5.08. The number of nitro benzene ring substituents is 1. The van der Waals surface area contributed by atoms with Crippen LogP contribution in [-0.4, -0.2) is 53.1 Å². The minimum Gasteiger partial charge on any atom is -0.477 e. The molecule has 1 aromatic rings. The number of nitrogens with zero attached hydrogens (tertiary/aromatic N) is 3. The molecule has 0 radical (unpaired) electrons. The third kappa shape index (κ3) is 2.82. The molecule has 1 heterocycles. The Labute approximate surface area is 121 Å². The van der Waals surface area contributed by atoms with E-state index in [9.17, 15) is 14.9 Å². The summed E-state index contributed by atoms with van der Waals surface area (Å²) in [6.45, 7) is 3.55. The third-order valence-corrected chi connectivity index (χ3v) is 4.15. The molecule has 2 aliphatic rings. The van der Waals surface area contributed by atoms with Gasteiger partial charge in [0.2, 0.25) is 0 Å². The first kappa shape index (κ1) is 13.8. The van der Waals surface area contributed by atoms with E-state index in [0.29, 0.717) is 0 Å². The number of benzene rings is 1. The average Bonchev–Trinajstić information content (AvgIpc) is 3.31. The van der Waals surface area contributed by atoms with E-state index in [2.05, 4.69) is 9.80 Å². The predicted octanol–water partition coefficient (Wildman–Crippen LogP) is 1.58. The standard InChI is InChI=1S/C14H17N3O4/c18-14(19)12-4-3-11(9-13(12)17(20)21)16-7-5-15(6-8-16)10-1-2-10/h3-4,9-10H,1-2,5-8H2,(H,18,19). The Kier molecular flexibility index (Phi) is 3.50. The van der Waals surface area contributed by atoms with Crippen LogP contribution in [-0.2, 0) is 0 Å². The van der Waals surface area contributed by atoms with Crippen molar-refractivity contribution < 1.29 is 14.8 Å². The van der Waals surface area contributed by atoms with E-state index in [4.69, 9.17) is 5.11 Å². The molecule has 1 aromatic carbocycles. The van der Waals surface area contributed by atoms with Gasteiger partial charge >= 0.3 is 5.97 Å². The van der Waals surface area contributed by atoms with Crippen LogP contribution < -0.4 is 4.90 Å². The number of anilines is 1. The molecule has 0 unspecified atom stereocenters. The fourth-order valence-corrected chi connectivity index (χ4v) is 2.83. The molecule has 1 saturated carbocycles. The van der Waals surface area contributed by atoms with Crippen LogP contribution >= 0.6 is 0 Å². The second kappa shape index (κ2) is 5.33. The van der Waals surface area contributed by atoms with E-state index < -0.39 is 10.9 Å². The van der Waals surface area contributed by atoms with Crippen molar-refractivity contribution >= 4 is 17.3 Å². The lowest BCUT2D eigenvalue weighted by atomic mass is 10.1. The zero-order valence-corrected chi connectivity index (χ0v) is 11.6. The molecule has 2 fully saturated rings. The molecule has 1 saturated heterocycles. The molecule has 7 nitrogen and oxygen atoms in total. The summed E-state index contributed by atoms with van der Waals surface area (Å²) in [5.74, 6) is -1.27. The van der Waals surface area contributed by atoms with Crippen LogP contribution in [0.4, 0.5) is 11.4 Å². The molecular formula is C14H17N3O4. The van der Waals surface area contributed by atoms with E-state index in [0.717, 1.165) is 37.9 Å². The number of hydrogen-bond acceptors (Lipinski definition) is 5. The van der Waals surface area contributed by atoms with Gasteiger partial charge in [0.05, 0.1) is 4.92 Å². The van der Waals surface area contributed by atoms with Crippen LogP contribution in [0.2, 0.25) is 0 Å². The van der Waals surface area contributed by atoms with E-state index in [-0.39, 0.29) is 11.3 Å². The zero-order valence-electron chi connectivity index (χ0n) is 11.6. The molecule has 112 valence electrons. The monoisotopic (exact) mass is 291 g/mol. The number of aromatic carboxylic acids is 1. The van der Waals surface area contributed by atoms with Gasteiger partial charge in [-0.05, 0) is 25.0 Å². The molecule has 0 aromatic heterocycles. The Morgan fingerprint density at radius 2 is 1.90 bits per heavy atom. The Morgan fingerprint density at radius 3 is 2.43 bits per heavy atom. The van der Waals surface area contributed by atoms with Gasteiger partial charge in [-0.15, -0.1) is 0 Å². The average molecular weight is 291 g/mol. The number of rotatable bonds is 4. The number of nitro groups is 1. The maximum absolute atomic E-state index is 11.0. The van der Waals surface area contributed by atoms with Crippen molar-refractivity contribution in [3.63, 3.8) is 0 Å². The first-order chi connectivity index (χ1) is 10.1. The Bertz CT molecular complexity index is 578. The smallest absolute Gasteiger partial charge is 0.342 e. The summed E-state index contributed by atoms with van der Waals surface area (Å²) in [5, 5.41) is 20.0. The van der Waals surface area contributed by atoms with Crippen LogP contribution in [0.15, 0.2) is 18.2 Å². The molecule has 0 bridgehead atoms. The van der Waals surface area contributed by atoms with Crippen molar-refractivity contribution in [1.82, 2.24) is 4.90 Å². The van der Waals surface area contributed by atoms with Crippen molar-refractivity contribution in [2.45, 2.75) is 18.9 Å². The minimum absolute atomic E-state index is 0.264. The molecule has 1 aliphatic carbocycles. The zero-order chi connectivity index (χ0) is 15.0. The molecular weight excluding hydrogens is 274 g/mol. The summed E-state index contributed by atoms with van der Waals surface area (Å²) in [4.78, 5) is 25.9. The molecule has 0 amide bonds. The summed E-state index contributed by atoms with van der Waals surface area (Å²) in [5.41, 5.74) is 0.118. The molecule has 7 heteroatoms. The van der Waals surface area contributed by atoms with Gasteiger partial charge in [0.15, 0.2) is 0 Å². The van der Waals surface area contributed by atoms with Gasteiger partial charge in [-0.2, -0.15) is 0 Å². The quantitative estimate of drug-likeness (QED) is 0.669. The number of carboxylic acid groups (broad SMARTS) is 1. The van der Waals surface area contributed by atoms with Gasteiger partial charge in [0.1, 0.15) is 5.56 Å². The second-order valence-corrected chi connectivity index (χ2v) is 5.52. The highest BCUT2D eigenvalue weighted by Gasteiger charge is 2.31. The Morgan fingerprint density at radius 1 is 1.24 bits per heavy atom. The predicted molar refractivity (Wildman–Crippen MR) is 76.9 cm³/mol. The maximum Gasteiger partial charge on any atom is 0.342 e. The fraction of sp³-hybridized carbons (Fsp3) is 0.500. The highest BCUT2D eigenvalue weighted by atomic mass is 16.6. The van der Waals surface area contributed by atoms with Crippen molar-refractivity contribution in [3.05, 3.63) is 33.9 Å². The summed E-state index contributed by atoms with van der Waals surface area (Å²) >= 11 is 0. The van der Waals surface area contributed by atoms with Gasteiger partial charge in [-0.25, -0.2) is 4.79 Å². The van der Waals surface area contributed by atoms with Gasteiger partial charge in [-0.3, -0.25) is 15.0 Å².